The van der Waals surface area contributed by atoms with E-state index in [0.717, 1.165) is 17.9 Å². The van der Waals surface area contributed by atoms with E-state index in [4.69, 9.17) is 5.73 Å². The molecular weight excluding hydrogens is 200 g/mol. The number of nitrogens with two attached hydrogens (primary N) is 1. The Labute approximate surface area is 95.1 Å². The summed E-state index contributed by atoms with van der Waals surface area (Å²) in [6.07, 6.45) is 0.848. The maximum atomic E-state index is 5.56. The summed E-state index contributed by atoms with van der Waals surface area (Å²) in [5.74, 6) is 1.64. The van der Waals surface area contributed by atoms with Crippen LogP contribution < -0.4 is 5.73 Å². The molecule has 1 heterocycles. The third kappa shape index (κ3) is 1.97. The maximum Gasteiger partial charge on any atom is 0.164 e. The van der Waals surface area contributed by atoms with Crippen LogP contribution in [-0.4, -0.2) is 14.8 Å². The molecule has 0 amide bonds. The van der Waals surface area contributed by atoms with Gasteiger partial charge in [0.2, 0.25) is 0 Å². The van der Waals surface area contributed by atoms with Gasteiger partial charge in [-0.25, -0.2) is 9.67 Å². The van der Waals surface area contributed by atoms with Crippen LogP contribution in [0, 0.1) is 6.92 Å². The van der Waals surface area contributed by atoms with Crippen LogP contribution in [0.4, 0.5) is 0 Å². The first-order valence-electron chi connectivity index (χ1n) is 5.46. The van der Waals surface area contributed by atoms with Crippen molar-refractivity contribution in [2.24, 2.45) is 5.73 Å². The second-order valence-electron chi connectivity index (χ2n) is 3.75. The monoisotopic (exact) mass is 216 g/mol. The Balaban J connectivity index is 2.50. The fourth-order valence-corrected chi connectivity index (χ4v) is 1.67. The van der Waals surface area contributed by atoms with Crippen molar-refractivity contribution in [1.29, 1.82) is 0 Å². The van der Waals surface area contributed by atoms with E-state index in [1.54, 1.807) is 0 Å². The average molecular weight is 216 g/mol. The lowest BCUT2D eigenvalue weighted by Crippen LogP contribution is -2.03. The van der Waals surface area contributed by atoms with Crippen molar-refractivity contribution < 1.29 is 0 Å². The summed E-state index contributed by atoms with van der Waals surface area (Å²) in [7, 11) is 0. The van der Waals surface area contributed by atoms with Crippen LogP contribution in [0.3, 0.4) is 0 Å². The molecule has 0 aliphatic rings. The molecule has 2 N–H and O–H groups in total. The highest BCUT2D eigenvalue weighted by atomic mass is 15.4. The van der Waals surface area contributed by atoms with Crippen molar-refractivity contribution >= 4 is 0 Å². The van der Waals surface area contributed by atoms with Gasteiger partial charge in [0.15, 0.2) is 5.82 Å². The molecular formula is C12H16N4. The summed E-state index contributed by atoms with van der Waals surface area (Å²) in [4.78, 5) is 4.38. The van der Waals surface area contributed by atoms with Crippen LogP contribution in [0.15, 0.2) is 24.3 Å². The van der Waals surface area contributed by atoms with Gasteiger partial charge < -0.3 is 5.73 Å². The molecule has 0 radical (unpaired) electrons. The number of hydrogen-bond acceptors (Lipinski definition) is 3. The zero-order valence-corrected chi connectivity index (χ0v) is 9.64. The summed E-state index contributed by atoms with van der Waals surface area (Å²) in [6, 6.07) is 8.21. The van der Waals surface area contributed by atoms with Crippen molar-refractivity contribution in [1.82, 2.24) is 14.8 Å². The zero-order chi connectivity index (χ0) is 11.5. The first-order valence-corrected chi connectivity index (χ1v) is 5.46. The van der Waals surface area contributed by atoms with E-state index in [0.29, 0.717) is 12.4 Å². The Morgan fingerprint density at radius 1 is 1.38 bits per heavy atom. The summed E-state index contributed by atoms with van der Waals surface area (Å²) >= 11 is 0. The standard InChI is InChI=1S/C12H16N4/c1-3-12-14-11(8-13)15-16(12)10-6-4-5-9(2)7-10/h4-7H,3,8,13H2,1-2H3. The summed E-state index contributed by atoms with van der Waals surface area (Å²) in [6.45, 7) is 4.51. The van der Waals surface area contributed by atoms with Crippen molar-refractivity contribution in [3.63, 3.8) is 0 Å². The van der Waals surface area contributed by atoms with E-state index in [1.165, 1.54) is 5.56 Å². The summed E-state index contributed by atoms with van der Waals surface area (Å²) < 4.78 is 1.87. The van der Waals surface area contributed by atoms with Gasteiger partial charge in [-0.15, -0.1) is 5.10 Å². The maximum absolute atomic E-state index is 5.56. The lowest BCUT2D eigenvalue weighted by molar-refractivity contribution is 0.788. The van der Waals surface area contributed by atoms with Crippen molar-refractivity contribution in [2.45, 2.75) is 26.8 Å². The summed E-state index contributed by atoms with van der Waals surface area (Å²) in [5, 5.41) is 4.39. The molecule has 2 aromatic rings. The van der Waals surface area contributed by atoms with Crippen LogP contribution in [0.2, 0.25) is 0 Å². The number of benzene rings is 1. The van der Waals surface area contributed by atoms with Crippen molar-refractivity contribution in [3.05, 3.63) is 41.5 Å². The van der Waals surface area contributed by atoms with Crippen LogP contribution >= 0.6 is 0 Å². The van der Waals surface area contributed by atoms with Gasteiger partial charge in [0, 0.05) is 6.42 Å². The molecule has 4 nitrogen and oxygen atoms in total. The first-order chi connectivity index (χ1) is 7.74. The van der Waals surface area contributed by atoms with Gasteiger partial charge in [0.1, 0.15) is 5.82 Å². The minimum atomic E-state index is 0.381. The highest BCUT2D eigenvalue weighted by molar-refractivity contribution is 5.35. The predicted molar refractivity (Wildman–Crippen MR) is 63.4 cm³/mol. The van der Waals surface area contributed by atoms with E-state index < -0.39 is 0 Å². The van der Waals surface area contributed by atoms with E-state index in [-0.39, 0.29) is 0 Å². The highest BCUT2D eigenvalue weighted by Gasteiger charge is 2.08. The minimum Gasteiger partial charge on any atom is -0.324 e. The molecule has 4 heteroatoms. The Morgan fingerprint density at radius 2 is 2.19 bits per heavy atom. The molecule has 84 valence electrons. The van der Waals surface area contributed by atoms with Gasteiger partial charge in [0.05, 0.1) is 12.2 Å². The minimum absolute atomic E-state index is 0.381. The number of aryl methyl sites for hydroxylation is 2. The highest BCUT2D eigenvalue weighted by Crippen LogP contribution is 2.12. The number of rotatable bonds is 3. The van der Waals surface area contributed by atoms with E-state index in [1.807, 2.05) is 16.8 Å². The van der Waals surface area contributed by atoms with E-state index >= 15 is 0 Å². The Bertz CT molecular complexity index is 488. The molecule has 0 saturated heterocycles. The lowest BCUT2D eigenvalue weighted by atomic mass is 10.2. The molecule has 0 atom stereocenters. The second kappa shape index (κ2) is 4.45. The molecule has 0 saturated carbocycles. The van der Waals surface area contributed by atoms with Crippen LogP contribution in [0.5, 0.6) is 0 Å². The Morgan fingerprint density at radius 3 is 2.81 bits per heavy atom. The second-order valence-corrected chi connectivity index (χ2v) is 3.75. The largest absolute Gasteiger partial charge is 0.324 e. The first kappa shape index (κ1) is 10.8. The molecule has 0 aliphatic heterocycles. The van der Waals surface area contributed by atoms with Crippen LogP contribution in [0.1, 0.15) is 24.1 Å². The molecule has 1 aromatic carbocycles. The zero-order valence-electron chi connectivity index (χ0n) is 9.64. The molecule has 0 bridgehead atoms. The lowest BCUT2D eigenvalue weighted by Gasteiger charge is -2.04. The fourth-order valence-electron chi connectivity index (χ4n) is 1.67. The third-order valence-electron chi connectivity index (χ3n) is 2.46. The topological polar surface area (TPSA) is 56.7 Å². The van der Waals surface area contributed by atoms with Gasteiger partial charge in [-0.1, -0.05) is 19.1 Å². The number of nitrogens with zero attached hydrogens (tertiary/aromatic N) is 3. The fraction of sp³-hybridized carbons (Fsp3) is 0.333. The predicted octanol–water partition coefficient (Wildman–Crippen LogP) is 1.60. The molecule has 0 aliphatic carbocycles. The van der Waals surface area contributed by atoms with E-state index in [2.05, 4.69) is 36.1 Å². The van der Waals surface area contributed by atoms with Crippen LogP contribution in [0.25, 0.3) is 5.69 Å². The van der Waals surface area contributed by atoms with Crippen LogP contribution in [-0.2, 0) is 13.0 Å². The van der Waals surface area contributed by atoms with Gasteiger partial charge in [-0.2, -0.15) is 0 Å². The van der Waals surface area contributed by atoms with Crippen molar-refractivity contribution in [2.75, 3.05) is 0 Å². The van der Waals surface area contributed by atoms with E-state index in [9.17, 15) is 0 Å². The number of hydrogen-bond donors (Lipinski definition) is 1. The van der Waals surface area contributed by atoms with Gasteiger partial charge >= 0.3 is 0 Å². The molecule has 1 aromatic heterocycles. The molecule has 2 rings (SSSR count). The van der Waals surface area contributed by atoms with Gasteiger partial charge in [-0.05, 0) is 24.6 Å². The molecule has 0 unspecified atom stereocenters. The molecule has 0 spiro atoms. The Kier molecular flexibility index (Phi) is 3.01. The summed E-state index contributed by atoms with van der Waals surface area (Å²) in [5.41, 5.74) is 7.81. The smallest absolute Gasteiger partial charge is 0.164 e. The molecule has 0 fully saturated rings. The number of aromatic nitrogens is 3. The van der Waals surface area contributed by atoms with Crippen molar-refractivity contribution in [3.8, 4) is 5.69 Å². The molecule has 16 heavy (non-hydrogen) atoms. The normalized spacial score (nSPS) is 10.7. The SMILES string of the molecule is CCc1nc(CN)nn1-c1cccc(C)c1. The van der Waals surface area contributed by atoms with Gasteiger partial charge in [-0.3, -0.25) is 0 Å². The average Bonchev–Trinajstić information content (AvgIpc) is 2.72. The van der Waals surface area contributed by atoms with Gasteiger partial charge in [0.25, 0.3) is 0 Å². The Hall–Kier alpha value is -1.68. The quantitative estimate of drug-likeness (QED) is 0.847. The third-order valence-corrected chi connectivity index (χ3v) is 2.46.